The number of carbonyl (C=O) groups is 3. The minimum absolute atomic E-state index is 0.0459. The molecule has 2 aromatic rings. The molecule has 0 atom stereocenters. The van der Waals surface area contributed by atoms with E-state index in [4.69, 9.17) is 9.47 Å². The summed E-state index contributed by atoms with van der Waals surface area (Å²) in [6.45, 7) is 6.59. The molecule has 0 heterocycles. The molecule has 0 aliphatic heterocycles. The van der Waals surface area contributed by atoms with Crippen molar-refractivity contribution in [2.75, 3.05) is 18.5 Å². The molecule has 1 amide bonds. The van der Waals surface area contributed by atoms with Crippen molar-refractivity contribution in [1.82, 2.24) is 0 Å². The molecule has 0 saturated carbocycles. The Balaban J connectivity index is 2.48. The summed E-state index contributed by atoms with van der Waals surface area (Å²) in [6, 6.07) is 9.84. The lowest BCUT2D eigenvalue weighted by atomic mass is 10.1. The molecule has 0 aliphatic carbocycles. The number of ether oxygens (including phenoxy) is 2. The van der Waals surface area contributed by atoms with E-state index in [0.29, 0.717) is 0 Å². The highest BCUT2D eigenvalue weighted by Crippen LogP contribution is 2.23. The Morgan fingerprint density at radius 2 is 1.42 bits per heavy atom. The molecular formula is C22H25NO7S. The van der Waals surface area contributed by atoms with Gasteiger partial charge in [-0.05, 0) is 58.0 Å². The predicted octanol–water partition coefficient (Wildman–Crippen LogP) is 3.47. The summed E-state index contributed by atoms with van der Waals surface area (Å²) in [5, 5.41) is 1.85. The highest BCUT2D eigenvalue weighted by Gasteiger charge is 2.25. The lowest BCUT2D eigenvalue weighted by Crippen LogP contribution is -2.21. The smallest absolute Gasteiger partial charge is 0.338 e. The van der Waals surface area contributed by atoms with Crippen molar-refractivity contribution in [1.29, 1.82) is 0 Å². The van der Waals surface area contributed by atoms with E-state index < -0.39 is 32.9 Å². The Bertz CT molecular complexity index is 1050. The molecule has 9 heteroatoms. The van der Waals surface area contributed by atoms with Crippen molar-refractivity contribution in [3.63, 3.8) is 0 Å². The average Bonchev–Trinajstić information content (AvgIpc) is 2.73. The molecule has 0 spiro atoms. The second-order valence-electron chi connectivity index (χ2n) is 6.78. The first kappa shape index (κ1) is 24.1. The third-order valence-corrected chi connectivity index (χ3v) is 6.48. The maximum absolute atomic E-state index is 12.9. The highest BCUT2D eigenvalue weighted by atomic mass is 32.2. The van der Waals surface area contributed by atoms with Gasteiger partial charge in [0, 0.05) is 5.69 Å². The number of esters is 2. The van der Waals surface area contributed by atoms with Gasteiger partial charge >= 0.3 is 11.9 Å². The molecule has 0 aliphatic rings. The van der Waals surface area contributed by atoms with Gasteiger partial charge in [0.05, 0.1) is 40.0 Å². The minimum atomic E-state index is -3.71. The number of hydrogen-bond acceptors (Lipinski definition) is 7. The van der Waals surface area contributed by atoms with Gasteiger partial charge in [-0.25, -0.2) is 18.0 Å². The summed E-state index contributed by atoms with van der Waals surface area (Å²) in [5.74, 6) is -2.05. The van der Waals surface area contributed by atoms with Gasteiger partial charge in [0.15, 0.2) is 9.84 Å². The Morgan fingerprint density at radius 3 is 1.90 bits per heavy atom. The van der Waals surface area contributed by atoms with Crippen LogP contribution in [0.4, 0.5) is 5.69 Å². The number of hydrogen-bond donors (Lipinski definition) is 1. The van der Waals surface area contributed by atoms with Crippen molar-refractivity contribution in [2.45, 2.75) is 37.8 Å². The van der Waals surface area contributed by atoms with Crippen LogP contribution in [-0.2, 0) is 19.3 Å². The minimum Gasteiger partial charge on any atom is -0.462 e. The van der Waals surface area contributed by atoms with Crippen molar-refractivity contribution < 1.29 is 32.3 Å². The SMILES string of the molecule is CCOC(=O)c1cc(NC(=O)c2ccccc2S(=O)(=O)C(C)C)cc(C(=O)OCC)c1. The number of amides is 1. The summed E-state index contributed by atoms with van der Waals surface area (Å²) in [5.41, 5.74) is 0.169. The second-order valence-corrected chi connectivity index (χ2v) is 9.26. The lowest BCUT2D eigenvalue weighted by molar-refractivity contribution is 0.0525. The van der Waals surface area contributed by atoms with Crippen molar-refractivity contribution in [3.8, 4) is 0 Å². The summed E-state index contributed by atoms with van der Waals surface area (Å²) in [6.07, 6.45) is 0. The lowest BCUT2D eigenvalue weighted by Gasteiger charge is -2.14. The Labute approximate surface area is 181 Å². The summed E-state index contributed by atoms with van der Waals surface area (Å²) in [4.78, 5) is 37.2. The zero-order chi connectivity index (χ0) is 23.2. The van der Waals surface area contributed by atoms with Gasteiger partial charge in [-0.2, -0.15) is 0 Å². The number of sulfone groups is 1. The van der Waals surface area contributed by atoms with Gasteiger partial charge < -0.3 is 14.8 Å². The summed E-state index contributed by atoms with van der Waals surface area (Å²) < 4.78 is 35.2. The van der Waals surface area contributed by atoms with Gasteiger partial charge in [-0.3, -0.25) is 4.79 Å². The van der Waals surface area contributed by atoms with Crippen LogP contribution in [0.1, 0.15) is 58.8 Å². The third kappa shape index (κ3) is 5.69. The van der Waals surface area contributed by atoms with E-state index in [2.05, 4.69) is 5.32 Å². The number of carbonyl (C=O) groups excluding carboxylic acids is 3. The fraction of sp³-hybridized carbons (Fsp3) is 0.318. The molecule has 1 N–H and O–H groups in total. The van der Waals surface area contributed by atoms with Crippen LogP contribution in [-0.4, -0.2) is 44.7 Å². The van der Waals surface area contributed by atoms with E-state index in [0.717, 1.165) is 0 Å². The molecule has 0 aromatic heterocycles. The van der Waals surface area contributed by atoms with E-state index in [1.165, 1.54) is 50.2 Å². The highest BCUT2D eigenvalue weighted by molar-refractivity contribution is 7.92. The van der Waals surface area contributed by atoms with Gasteiger partial charge in [0.25, 0.3) is 5.91 Å². The number of rotatable bonds is 8. The van der Waals surface area contributed by atoms with Gasteiger partial charge in [0.2, 0.25) is 0 Å². The first-order chi connectivity index (χ1) is 14.6. The van der Waals surface area contributed by atoms with Crippen LogP contribution in [0.2, 0.25) is 0 Å². The molecule has 2 rings (SSSR count). The normalized spacial score (nSPS) is 11.1. The van der Waals surface area contributed by atoms with E-state index in [-0.39, 0.29) is 40.5 Å². The molecular weight excluding hydrogens is 422 g/mol. The molecule has 0 saturated heterocycles. The molecule has 2 aromatic carbocycles. The Kier molecular flexibility index (Phi) is 7.93. The first-order valence-electron chi connectivity index (χ1n) is 9.75. The third-order valence-electron chi connectivity index (χ3n) is 4.27. The zero-order valence-corrected chi connectivity index (χ0v) is 18.6. The van der Waals surface area contributed by atoms with Crippen molar-refractivity contribution in [2.24, 2.45) is 0 Å². The largest absolute Gasteiger partial charge is 0.462 e. The first-order valence-corrected chi connectivity index (χ1v) is 11.3. The molecule has 31 heavy (non-hydrogen) atoms. The van der Waals surface area contributed by atoms with Crippen LogP contribution in [0.25, 0.3) is 0 Å². The second kappa shape index (κ2) is 10.2. The van der Waals surface area contributed by atoms with Crippen LogP contribution in [0, 0.1) is 0 Å². The standard InChI is InChI=1S/C22H25NO7S/c1-5-29-21(25)15-11-16(22(26)30-6-2)13-17(12-15)23-20(24)18-9-7-8-10-19(18)31(27,28)14(3)4/h7-14H,5-6H2,1-4H3,(H,23,24). The number of anilines is 1. The molecule has 8 nitrogen and oxygen atoms in total. The molecule has 0 bridgehead atoms. The maximum atomic E-state index is 12.9. The van der Waals surface area contributed by atoms with E-state index in [9.17, 15) is 22.8 Å². The number of benzene rings is 2. The van der Waals surface area contributed by atoms with Crippen molar-refractivity contribution >= 4 is 33.4 Å². The van der Waals surface area contributed by atoms with Crippen molar-refractivity contribution in [3.05, 3.63) is 59.2 Å². The summed E-state index contributed by atoms with van der Waals surface area (Å²) in [7, 11) is -3.71. The molecule has 0 fully saturated rings. The predicted molar refractivity (Wildman–Crippen MR) is 115 cm³/mol. The zero-order valence-electron chi connectivity index (χ0n) is 17.8. The monoisotopic (exact) mass is 447 g/mol. The number of nitrogens with one attached hydrogen (secondary N) is 1. The quantitative estimate of drug-likeness (QED) is 0.616. The van der Waals surface area contributed by atoms with Crippen LogP contribution in [0.3, 0.4) is 0 Å². The van der Waals surface area contributed by atoms with Gasteiger partial charge in [0.1, 0.15) is 0 Å². The van der Waals surface area contributed by atoms with Crippen LogP contribution in [0.5, 0.6) is 0 Å². The average molecular weight is 448 g/mol. The van der Waals surface area contributed by atoms with Crippen LogP contribution < -0.4 is 5.32 Å². The van der Waals surface area contributed by atoms with E-state index in [1.807, 2.05) is 0 Å². The van der Waals surface area contributed by atoms with Crippen LogP contribution in [0.15, 0.2) is 47.4 Å². The Hall–Kier alpha value is -3.20. The molecule has 0 radical (unpaired) electrons. The van der Waals surface area contributed by atoms with Gasteiger partial charge in [-0.1, -0.05) is 12.1 Å². The maximum Gasteiger partial charge on any atom is 0.338 e. The Morgan fingerprint density at radius 1 is 0.903 bits per heavy atom. The van der Waals surface area contributed by atoms with Gasteiger partial charge in [-0.15, -0.1) is 0 Å². The fourth-order valence-corrected chi connectivity index (χ4v) is 3.96. The molecule has 166 valence electrons. The topological polar surface area (TPSA) is 116 Å². The van der Waals surface area contributed by atoms with E-state index >= 15 is 0 Å². The molecule has 0 unspecified atom stereocenters. The van der Waals surface area contributed by atoms with E-state index in [1.54, 1.807) is 19.9 Å². The van der Waals surface area contributed by atoms with Crippen LogP contribution >= 0.6 is 0 Å². The summed E-state index contributed by atoms with van der Waals surface area (Å²) >= 11 is 0. The fourth-order valence-electron chi connectivity index (χ4n) is 2.72.